The van der Waals surface area contributed by atoms with Crippen molar-refractivity contribution in [3.05, 3.63) is 218 Å². The van der Waals surface area contributed by atoms with Crippen LogP contribution in [0.4, 0.5) is 34.1 Å². The highest BCUT2D eigenvalue weighted by molar-refractivity contribution is 7.26. The molecule has 0 bridgehead atoms. The summed E-state index contributed by atoms with van der Waals surface area (Å²) in [4.78, 5) is 4.86. The second-order valence-corrected chi connectivity index (χ2v) is 14.8. The molecule has 0 spiro atoms. The molecule has 0 radical (unpaired) electrons. The van der Waals surface area contributed by atoms with Gasteiger partial charge in [0.25, 0.3) is 0 Å². The van der Waals surface area contributed by atoms with E-state index in [0.717, 1.165) is 34.1 Å². The van der Waals surface area contributed by atoms with Crippen LogP contribution in [0.15, 0.2) is 218 Å². The molecule has 0 saturated carbocycles. The molecule has 0 unspecified atom stereocenters. The maximum atomic E-state index is 2.43. The predicted molar refractivity (Wildman–Crippen MR) is 237 cm³/mol. The van der Waals surface area contributed by atoms with Crippen molar-refractivity contribution in [3.63, 3.8) is 0 Å². The predicted octanol–water partition coefficient (Wildman–Crippen LogP) is 15.5. The van der Waals surface area contributed by atoms with Crippen LogP contribution in [-0.2, 0) is 0 Å². The van der Waals surface area contributed by atoms with Crippen LogP contribution in [0.25, 0.3) is 53.2 Å². The van der Waals surface area contributed by atoms with E-state index < -0.39 is 0 Å². The standard InChI is InChI=1S/C52H36N2S/c1-5-17-37(18-6-1)39-23-15-29-45(33-39)53(43-25-9-3-10-26-43)48-31-32-49(52-51(48)47-35-41-21-13-14-22-42(41)36-50(47)55-52)54(44-27-11-4-12-28-44)46-30-16-24-40(34-46)38-19-7-2-8-20-38/h1-36H. The topological polar surface area (TPSA) is 6.48 Å². The van der Waals surface area contributed by atoms with Crippen LogP contribution in [0.5, 0.6) is 0 Å². The van der Waals surface area contributed by atoms with E-state index in [1.807, 2.05) is 11.3 Å². The van der Waals surface area contributed by atoms with Crippen molar-refractivity contribution in [2.24, 2.45) is 0 Å². The van der Waals surface area contributed by atoms with Crippen molar-refractivity contribution in [1.29, 1.82) is 0 Å². The first-order valence-corrected chi connectivity index (χ1v) is 19.5. The van der Waals surface area contributed by atoms with Crippen LogP contribution in [-0.4, -0.2) is 0 Å². The van der Waals surface area contributed by atoms with Gasteiger partial charge in [0.05, 0.1) is 16.1 Å². The van der Waals surface area contributed by atoms with Gasteiger partial charge in [-0.05, 0) is 106 Å². The highest BCUT2D eigenvalue weighted by Gasteiger charge is 2.24. The molecule has 0 amide bonds. The Labute approximate surface area is 325 Å². The molecule has 55 heavy (non-hydrogen) atoms. The Kier molecular flexibility index (Phi) is 8.40. The zero-order chi connectivity index (χ0) is 36.6. The highest BCUT2D eigenvalue weighted by Crippen LogP contribution is 2.51. The molecule has 0 aliphatic rings. The number of anilines is 6. The fourth-order valence-electron chi connectivity index (χ4n) is 7.82. The minimum atomic E-state index is 1.11. The lowest BCUT2D eigenvalue weighted by Gasteiger charge is -2.30. The number of thiophene rings is 1. The summed E-state index contributed by atoms with van der Waals surface area (Å²) >= 11 is 1.88. The van der Waals surface area contributed by atoms with Gasteiger partial charge in [-0.15, -0.1) is 11.3 Å². The summed E-state index contributed by atoms with van der Waals surface area (Å²) in [6.45, 7) is 0. The minimum Gasteiger partial charge on any atom is -0.310 e. The molecule has 0 saturated heterocycles. The van der Waals surface area contributed by atoms with Gasteiger partial charge in [0.15, 0.2) is 0 Å². The third-order valence-corrected chi connectivity index (χ3v) is 11.6. The van der Waals surface area contributed by atoms with Gasteiger partial charge in [0.1, 0.15) is 0 Å². The van der Waals surface area contributed by atoms with E-state index in [1.165, 1.54) is 53.2 Å². The average molecular weight is 721 g/mol. The van der Waals surface area contributed by atoms with E-state index in [-0.39, 0.29) is 0 Å². The lowest BCUT2D eigenvalue weighted by atomic mass is 10.0. The van der Waals surface area contributed by atoms with Gasteiger partial charge in [-0.25, -0.2) is 0 Å². The van der Waals surface area contributed by atoms with Gasteiger partial charge in [-0.2, -0.15) is 0 Å². The zero-order valence-electron chi connectivity index (χ0n) is 30.1. The van der Waals surface area contributed by atoms with Crippen molar-refractivity contribution in [2.75, 3.05) is 9.80 Å². The molecular formula is C52H36N2S. The molecule has 10 rings (SSSR count). The summed E-state index contributed by atoms with van der Waals surface area (Å²) in [7, 11) is 0. The maximum absolute atomic E-state index is 2.43. The van der Waals surface area contributed by atoms with Gasteiger partial charge in [0.2, 0.25) is 0 Å². The Morgan fingerprint density at radius 2 is 0.727 bits per heavy atom. The molecule has 0 aliphatic carbocycles. The molecule has 0 atom stereocenters. The molecule has 1 heterocycles. The Hall–Kier alpha value is -6.94. The number of fused-ring (bicyclic) bond motifs is 4. The normalized spacial score (nSPS) is 11.3. The lowest BCUT2D eigenvalue weighted by Crippen LogP contribution is -2.13. The molecule has 0 aliphatic heterocycles. The van der Waals surface area contributed by atoms with Crippen molar-refractivity contribution in [3.8, 4) is 22.3 Å². The Balaban J connectivity index is 1.26. The van der Waals surface area contributed by atoms with Crippen LogP contribution in [0, 0.1) is 0 Å². The maximum Gasteiger partial charge on any atom is 0.0641 e. The summed E-state index contributed by atoms with van der Waals surface area (Å²) < 4.78 is 2.50. The molecule has 9 aromatic carbocycles. The van der Waals surface area contributed by atoms with E-state index in [4.69, 9.17) is 0 Å². The van der Waals surface area contributed by atoms with Crippen LogP contribution in [0.2, 0.25) is 0 Å². The third kappa shape index (κ3) is 6.11. The number of nitrogens with zero attached hydrogens (tertiary/aromatic N) is 2. The van der Waals surface area contributed by atoms with E-state index in [1.54, 1.807) is 0 Å². The molecular weight excluding hydrogens is 685 g/mol. The van der Waals surface area contributed by atoms with Crippen LogP contribution >= 0.6 is 11.3 Å². The number of benzene rings is 9. The first kappa shape index (κ1) is 32.7. The summed E-state index contributed by atoms with van der Waals surface area (Å²) in [5.41, 5.74) is 11.5. The summed E-state index contributed by atoms with van der Waals surface area (Å²) in [6, 6.07) is 78.8. The van der Waals surface area contributed by atoms with Crippen LogP contribution in [0.1, 0.15) is 0 Å². The van der Waals surface area contributed by atoms with E-state index in [2.05, 4.69) is 228 Å². The SMILES string of the molecule is c1ccc(-c2cccc(N(c3ccccc3)c3ccc(N(c4ccccc4)c4cccc(-c5ccccc5)c4)c4c3sc3cc5ccccc5cc34)c2)cc1. The van der Waals surface area contributed by atoms with Crippen LogP contribution < -0.4 is 9.80 Å². The number of hydrogen-bond acceptors (Lipinski definition) is 3. The summed E-state index contributed by atoms with van der Waals surface area (Å²) in [6.07, 6.45) is 0. The molecule has 2 nitrogen and oxygen atoms in total. The second-order valence-electron chi connectivity index (χ2n) is 13.8. The number of hydrogen-bond donors (Lipinski definition) is 0. The first-order valence-electron chi connectivity index (χ1n) is 18.7. The average Bonchev–Trinajstić information content (AvgIpc) is 3.64. The van der Waals surface area contributed by atoms with Crippen molar-refractivity contribution in [1.82, 2.24) is 0 Å². The van der Waals surface area contributed by atoms with E-state index >= 15 is 0 Å². The number of rotatable bonds is 8. The first-order chi connectivity index (χ1) is 27.3. The van der Waals surface area contributed by atoms with Crippen LogP contribution in [0.3, 0.4) is 0 Å². The molecule has 1 aromatic heterocycles. The Bertz CT molecular complexity index is 2920. The number of para-hydroxylation sites is 2. The molecule has 0 N–H and O–H groups in total. The minimum absolute atomic E-state index is 1.11. The monoisotopic (exact) mass is 720 g/mol. The molecule has 0 fully saturated rings. The Morgan fingerprint density at radius 1 is 0.309 bits per heavy atom. The quantitative estimate of drug-likeness (QED) is 0.154. The lowest BCUT2D eigenvalue weighted by molar-refractivity contribution is 1.28. The van der Waals surface area contributed by atoms with Gasteiger partial charge in [-0.3, -0.25) is 0 Å². The summed E-state index contributed by atoms with van der Waals surface area (Å²) in [5.74, 6) is 0. The summed E-state index contributed by atoms with van der Waals surface area (Å²) in [5, 5.41) is 4.97. The molecule has 10 aromatic rings. The highest BCUT2D eigenvalue weighted by atomic mass is 32.1. The van der Waals surface area contributed by atoms with Gasteiger partial charge < -0.3 is 9.80 Å². The largest absolute Gasteiger partial charge is 0.310 e. The zero-order valence-corrected chi connectivity index (χ0v) is 30.9. The fourth-order valence-corrected chi connectivity index (χ4v) is 9.07. The van der Waals surface area contributed by atoms with Gasteiger partial charge in [-0.1, -0.05) is 146 Å². The molecule has 3 heteroatoms. The molecule has 260 valence electrons. The smallest absolute Gasteiger partial charge is 0.0641 e. The fraction of sp³-hybridized carbons (Fsp3) is 0. The van der Waals surface area contributed by atoms with Gasteiger partial charge >= 0.3 is 0 Å². The van der Waals surface area contributed by atoms with Crippen molar-refractivity contribution < 1.29 is 0 Å². The second kappa shape index (κ2) is 14.1. The van der Waals surface area contributed by atoms with E-state index in [9.17, 15) is 0 Å². The van der Waals surface area contributed by atoms with E-state index in [0.29, 0.717) is 0 Å². The van der Waals surface area contributed by atoms with Crippen molar-refractivity contribution in [2.45, 2.75) is 0 Å². The third-order valence-electron chi connectivity index (χ3n) is 10.4. The Morgan fingerprint density at radius 3 is 1.27 bits per heavy atom. The van der Waals surface area contributed by atoms with Crippen molar-refractivity contribution >= 4 is 76.4 Å². The van der Waals surface area contributed by atoms with Gasteiger partial charge in [0, 0.05) is 38.2 Å².